The molecule has 0 aliphatic rings. The number of carbonyl (C=O) groups is 1. The van der Waals surface area contributed by atoms with Crippen molar-refractivity contribution in [1.29, 1.82) is 5.26 Å². The molecule has 1 amide bonds. The molecular formula is C11H21N3O. The van der Waals surface area contributed by atoms with Crippen molar-refractivity contribution in [1.82, 2.24) is 10.2 Å². The van der Waals surface area contributed by atoms with Crippen molar-refractivity contribution in [2.24, 2.45) is 0 Å². The molecule has 0 saturated carbocycles. The second-order valence-corrected chi connectivity index (χ2v) is 4.49. The van der Waals surface area contributed by atoms with E-state index in [0.29, 0.717) is 26.1 Å². The zero-order valence-corrected chi connectivity index (χ0v) is 10.1. The van der Waals surface area contributed by atoms with Gasteiger partial charge in [-0.05, 0) is 27.7 Å². The SMILES string of the molecule is CCN(CCC#N)C(=O)CNC(C)(C)C. The predicted octanol–water partition coefficient (Wildman–Crippen LogP) is 1.14. The molecule has 0 aromatic carbocycles. The molecule has 0 atom stereocenters. The molecular weight excluding hydrogens is 190 g/mol. The van der Waals surface area contributed by atoms with E-state index in [-0.39, 0.29) is 11.4 Å². The van der Waals surface area contributed by atoms with Gasteiger partial charge < -0.3 is 10.2 Å². The largest absolute Gasteiger partial charge is 0.341 e. The Labute approximate surface area is 92.3 Å². The van der Waals surface area contributed by atoms with Crippen LogP contribution in [0.2, 0.25) is 0 Å². The fourth-order valence-electron chi connectivity index (χ4n) is 1.10. The lowest BCUT2D eigenvalue weighted by atomic mass is 10.1. The number of nitriles is 1. The molecule has 1 N–H and O–H groups in total. The van der Waals surface area contributed by atoms with Gasteiger partial charge in [0.1, 0.15) is 0 Å². The van der Waals surface area contributed by atoms with Gasteiger partial charge in [-0.3, -0.25) is 4.79 Å². The van der Waals surface area contributed by atoms with Crippen LogP contribution in [0.4, 0.5) is 0 Å². The molecule has 4 nitrogen and oxygen atoms in total. The van der Waals surface area contributed by atoms with Crippen molar-refractivity contribution in [2.75, 3.05) is 19.6 Å². The second kappa shape index (κ2) is 6.41. The highest BCUT2D eigenvalue weighted by atomic mass is 16.2. The van der Waals surface area contributed by atoms with Gasteiger partial charge in [-0.2, -0.15) is 5.26 Å². The number of amides is 1. The summed E-state index contributed by atoms with van der Waals surface area (Å²) in [7, 11) is 0. The van der Waals surface area contributed by atoms with Crippen molar-refractivity contribution in [3.63, 3.8) is 0 Å². The number of likely N-dealkylation sites (N-methyl/N-ethyl adjacent to an activating group) is 1. The predicted molar refractivity (Wildman–Crippen MR) is 60.2 cm³/mol. The summed E-state index contributed by atoms with van der Waals surface area (Å²) in [6.07, 6.45) is 0.398. The van der Waals surface area contributed by atoms with Gasteiger partial charge in [0.25, 0.3) is 0 Å². The van der Waals surface area contributed by atoms with Gasteiger partial charge >= 0.3 is 0 Å². The Balaban J connectivity index is 4.00. The second-order valence-electron chi connectivity index (χ2n) is 4.49. The zero-order chi connectivity index (χ0) is 11.9. The number of hydrogen-bond acceptors (Lipinski definition) is 3. The Hall–Kier alpha value is -1.08. The monoisotopic (exact) mass is 211 g/mol. The van der Waals surface area contributed by atoms with Crippen LogP contribution in [0.1, 0.15) is 34.1 Å². The van der Waals surface area contributed by atoms with Crippen LogP contribution in [0.3, 0.4) is 0 Å². The number of carbonyl (C=O) groups excluding carboxylic acids is 1. The van der Waals surface area contributed by atoms with Crippen molar-refractivity contribution < 1.29 is 4.79 Å². The molecule has 0 aliphatic heterocycles. The minimum absolute atomic E-state index is 0.0513. The molecule has 0 bridgehead atoms. The van der Waals surface area contributed by atoms with E-state index in [9.17, 15) is 4.79 Å². The zero-order valence-electron chi connectivity index (χ0n) is 10.1. The third-order valence-corrected chi connectivity index (χ3v) is 2.00. The van der Waals surface area contributed by atoms with Crippen molar-refractivity contribution in [3.8, 4) is 6.07 Å². The molecule has 0 unspecified atom stereocenters. The highest BCUT2D eigenvalue weighted by Crippen LogP contribution is 1.99. The number of nitrogens with one attached hydrogen (secondary N) is 1. The molecule has 0 radical (unpaired) electrons. The van der Waals surface area contributed by atoms with Crippen LogP contribution < -0.4 is 5.32 Å². The van der Waals surface area contributed by atoms with Crippen LogP contribution in [0, 0.1) is 11.3 Å². The van der Waals surface area contributed by atoms with Crippen LogP contribution in [0.15, 0.2) is 0 Å². The number of hydrogen-bond donors (Lipinski definition) is 1. The summed E-state index contributed by atoms with van der Waals surface area (Å²) < 4.78 is 0. The van der Waals surface area contributed by atoms with E-state index < -0.39 is 0 Å². The van der Waals surface area contributed by atoms with Crippen LogP contribution >= 0.6 is 0 Å². The summed E-state index contributed by atoms with van der Waals surface area (Å²) in [6.45, 7) is 9.50. The molecule has 0 fully saturated rings. The molecule has 0 aromatic rings. The first-order valence-electron chi connectivity index (χ1n) is 5.30. The summed E-state index contributed by atoms with van der Waals surface area (Å²) in [5, 5.41) is 11.6. The summed E-state index contributed by atoms with van der Waals surface area (Å²) >= 11 is 0. The highest BCUT2D eigenvalue weighted by molar-refractivity contribution is 5.78. The van der Waals surface area contributed by atoms with E-state index in [4.69, 9.17) is 5.26 Å². The van der Waals surface area contributed by atoms with Crippen molar-refractivity contribution in [3.05, 3.63) is 0 Å². The van der Waals surface area contributed by atoms with Gasteiger partial charge in [0, 0.05) is 18.6 Å². The Kier molecular flexibility index (Phi) is 5.95. The number of nitrogens with zero attached hydrogens (tertiary/aromatic N) is 2. The first-order valence-corrected chi connectivity index (χ1v) is 5.30. The lowest BCUT2D eigenvalue weighted by Gasteiger charge is -2.24. The third-order valence-electron chi connectivity index (χ3n) is 2.00. The van der Waals surface area contributed by atoms with Gasteiger partial charge in [-0.25, -0.2) is 0 Å². The maximum absolute atomic E-state index is 11.7. The topological polar surface area (TPSA) is 56.1 Å². The summed E-state index contributed by atoms with van der Waals surface area (Å²) in [6, 6.07) is 2.05. The molecule has 0 spiro atoms. The standard InChI is InChI=1S/C11H21N3O/c1-5-14(8-6-7-12)10(15)9-13-11(2,3)4/h13H,5-6,8-9H2,1-4H3. The molecule has 15 heavy (non-hydrogen) atoms. The average molecular weight is 211 g/mol. The third kappa shape index (κ3) is 6.92. The van der Waals surface area contributed by atoms with Gasteiger partial charge in [-0.15, -0.1) is 0 Å². The smallest absolute Gasteiger partial charge is 0.236 e. The molecule has 4 heteroatoms. The van der Waals surface area contributed by atoms with Gasteiger partial charge in [0.15, 0.2) is 0 Å². The molecule has 86 valence electrons. The average Bonchev–Trinajstić information content (AvgIpc) is 2.15. The first kappa shape index (κ1) is 13.9. The molecule has 0 rings (SSSR count). The van der Waals surface area contributed by atoms with E-state index in [0.717, 1.165) is 0 Å². The number of rotatable bonds is 5. The summed E-state index contributed by atoms with van der Waals surface area (Å²) in [4.78, 5) is 13.4. The fourth-order valence-corrected chi connectivity index (χ4v) is 1.10. The first-order chi connectivity index (χ1) is 6.90. The van der Waals surface area contributed by atoms with Crippen LogP contribution in [0.5, 0.6) is 0 Å². The Morgan fingerprint density at radius 3 is 2.47 bits per heavy atom. The summed E-state index contributed by atoms with van der Waals surface area (Å²) in [5.41, 5.74) is -0.0513. The van der Waals surface area contributed by atoms with Crippen LogP contribution in [-0.4, -0.2) is 36.0 Å². The Morgan fingerprint density at radius 2 is 2.07 bits per heavy atom. The van der Waals surface area contributed by atoms with E-state index in [2.05, 4.69) is 5.32 Å². The highest BCUT2D eigenvalue weighted by Gasteiger charge is 2.15. The minimum atomic E-state index is -0.0513. The van der Waals surface area contributed by atoms with Gasteiger partial charge in [-0.1, -0.05) is 0 Å². The van der Waals surface area contributed by atoms with E-state index in [1.165, 1.54) is 0 Å². The Bertz CT molecular complexity index is 237. The van der Waals surface area contributed by atoms with E-state index >= 15 is 0 Å². The lowest BCUT2D eigenvalue weighted by molar-refractivity contribution is -0.130. The lowest BCUT2D eigenvalue weighted by Crippen LogP contribution is -2.45. The summed E-state index contributed by atoms with van der Waals surface area (Å²) in [5.74, 6) is 0.0580. The van der Waals surface area contributed by atoms with Crippen molar-refractivity contribution in [2.45, 2.75) is 39.7 Å². The quantitative estimate of drug-likeness (QED) is 0.742. The molecule has 0 heterocycles. The van der Waals surface area contributed by atoms with Crippen LogP contribution in [0.25, 0.3) is 0 Å². The van der Waals surface area contributed by atoms with E-state index in [1.54, 1.807) is 4.90 Å². The fraction of sp³-hybridized carbons (Fsp3) is 0.818. The molecule has 0 saturated heterocycles. The van der Waals surface area contributed by atoms with Gasteiger partial charge in [0.2, 0.25) is 5.91 Å². The normalized spacial score (nSPS) is 10.9. The maximum atomic E-state index is 11.7. The van der Waals surface area contributed by atoms with Gasteiger partial charge in [0.05, 0.1) is 19.0 Å². The minimum Gasteiger partial charge on any atom is -0.341 e. The molecule has 0 aliphatic carbocycles. The van der Waals surface area contributed by atoms with Crippen molar-refractivity contribution >= 4 is 5.91 Å². The van der Waals surface area contributed by atoms with E-state index in [1.807, 2.05) is 33.8 Å². The Morgan fingerprint density at radius 1 is 1.47 bits per heavy atom. The molecule has 0 aromatic heterocycles. The van der Waals surface area contributed by atoms with Crippen LogP contribution in [-0.2, 0) is 4.79 Å². The maximum Gasteiger partial charge on any atom is 0.236 e.